The molecule has 0 saturated heterocycles. The van der Waals surface area contributed by atoms with Crippen LogP contribution in [-0.2, 0) is 13.0 Å². The molecule has 1 aromatic carbocycles. The molecule has 2 N–H and O–H groups in total. The summed E-state index contributed by atoms with van der Waals surface area (Å²) in [5.41, 5.74) is 1.30. The van der Waals surface area contributed by atoms with Gasteiger partial charge in [0.25, 0.3) is 0 Å². The summed E-state index contributed by atoms with van der Waals surface area (Å²) < 4.78 is 26.8. The summed E-state index contributed by atoms with van der Waals surface area (Å²) in [5, 5.41) is 7.37. The second-order valence-corrected chi connectivity index (χ2v) is 6.64. The molecule has 2 rings (SSSR count). The molecule has 0 atom stereocenters. The smallest absolute Gasteiger partial charge is 0.191 e. The summed E-state index contributed by atoms with van der Waals surface area (Å²) in [6, 6.07) is 3.40. The Balaban J connectivity index is 1.95. The summed E-state index contributed by atoms with van der Waals surface area (Å²) in [7, 11) is 0. The van der Waals surface area contributed by atoms with Gasteiger partial charge in [-0.1, -0.05) is 0 Å². The Morgan fingerprint density at radius 1 is 1.25 bits per heavy atom. The molecule has 2 aromatic rings. The number of nitrogens with one attached hydrogen (secondary N) is 2. The first-order valence-electron chi connectivity index (χ1n) is 7.88. The van der Waals surface area contributed by atoms with Crippen molar-refractivity contribution in [2.45, 2.75) is 33.7 Å². The topological polar surface area (TPSA) is 49.3 Å². The van der Waals surface area contributed by atoms with Crippen LogP contribution in [0.1, 0.15) is 28.1 Å². The van der Waals surface area contributed by atoms with Gasteiger partial charge in [0.1, 0.15) is 11.6 Å². The lowest BCUT2D eigenvalue weighted by Gasteiger charge is -2.11. The van der Waals surface area contributed by atoms with Crippen molar-refractivity contribution in [3.63, 3.8) is 0 Å². The zero-order chi connectivity index (χ0) is 17.5. The zero-order valence-corrected chi connectivity index (χ0v) is 14.9. The minimum Gasteiger partial charge on any atom is -0.357 e. The van der Waals surface area contributed by atoms with Crippen LogP contribution in [0.15, 0.2) is 23.2 Å². The lowest BCUT2D eigenvalue weighted by Crippen LogP contribution is -2.38. The third-order valence-electron chi connectivity index (χ3n) is 3.40. The molecule has 0 radical (unpaired) electrons. The van der Waals surface area contributed by atoms with E-state index in [0.717, 1.165) is 29.3 Å². The van der Waals surface area contributed by atoms with Crippen molar-refractivity contribution in [3.8, 4) is 0 Å². The summed E-state index contributed by atoms with van der Waals surface area (Å²) in [6.45, 7) is 7.42. The van der Waals surface area contributed by atoms with Crippen LogP contribution in [0.25, 0.3) is 0 Å². The number of guanidine groups is 1. The van der Waals surface area contributed by atoms with E-state index in [0.29, 0.717) is 19.0 Å². The highest BCUT2D eigenvalue weighted by Crippen LogP contribution is 2.17. The molecule has 130 valence electrons. The van der Waals surface area contributed by atoms with Crippen molar-refractivity contribution in [2.75, 3.05) is 13.1 Å². The lowest BCUT2D eigenvalue weighted by atomic mass is 10.2. The summed E-state index contributed by atoms with van der Waals surface area (Å²) in [6.07, 6.45) is 0.843. The molecule has 7 heteroatoms. The fraction of sp³-hybridized carbons (Fsp3) is 0.412. The van der Waals surface area contributed by atoms with Crippen molar-refractivity contribution in [2.24, 2.45) is 4.99 Å². The van der Waals surface area contributed by atoms with E-state index in [-0.39, 0.29) is 12.1 Å². The van der Waals surface area contributed by atoms with Gasteiger partial charge in [-0.2, -0.15) is 0 Å². The number of benzene rings is 1. The highest BCUT2D eigenvalue weighted by molar-refractivity contribution is 7.11. The number of hydrogen-bond acceptors (Lipinski definition) is 3. The quantitative estimate of drug-likeness (QED) is 0.619. The van der Waals surface area contributed by atoms with Gasteiger partial charge < -0.3 is 10.6 Å². The van der Waals surface area contributed by atoms with E-state index in [1.807, 2.05) is 20.8 Å². The first-order valence-corrected chi connectivity index (χ1v) is 8.70. The van der Waals surface area contributed by atoms with E-state index >= 15 is 0 Å². The Morgan fingerprint density at radius 2 is 2.04 bits per heavy atom. The van der Waals surface area contributed by atoms with Gasteiger partial charge in [-0.05, 0) is 39.0 Å². The Hall–Kier alpha value is -2.02. The highest BCUT2D eigenvalue weighted by atomic mass is 32.1. The fourth-order valence-corrected chi connectivity index (χ4v) is 3.21. The zero-order valence-electron chi connectivity index (χ0n) is 14.1. The molecular formula is C17H22F2N4S. The Morgan fingerprint density at radius 3 is 2.71 bits per heavy atom. The van der Waals surface area contributed by atoms with Crippen LogP contribution >= 0.6 is 11.3 Å². The molecule has 0 fully saturated rings. The van der Waals surface area contributed by atoms with Crippen molar-refractivity contribution in [3.05, 3.63) is 51.0 Å². The Kier molecular flexibility index (Phi) is 6.66. The van der Waals surface area contributed by atoms with Gasteiger partial charge in [0.2, 0.25) is 0 Å². The maximum atomic E-state index is 13.6. The minimum atomic E-state index is -0.462. The predicted molar refractivity (Wildman–Crippen MR) is 94.5 cm³/mol. The van der Waals surface area contributed by atoms with Crippen LogP contribution in [-0.4, -0.2) is 24.0 Å². The molecule has 4 nitrogen and oxygen atoms in total. The molecule has 0 aliphatic carbocycles. The van der Waals surface area contributed by atoms with Gasteiger partial charge in [-0.25, -0.2) is 18.8 Å². The number of thiazole rings is 1. The maximum Gasteiger partial charge on any atom is 0.191 e. The monoisotopic (exact) mass is 352 g/mol. The Labute approximate surface area is 145 Å². The van der Waals surface area contributed by atoms with Crippen LogP contribution in [0.2, 0.25) is 0 Å². The number of aryl methyl sites for hydroxylation is 2. The number of halogens is 2. The van der Waals surface area contributed by atoms with Gasteiger partial charge in [0.05, 0.1) is 17.2 Å². The second kappa shape index (κ2) is 8.73. The number of rotatable bonds is 6. The predicted octanol–water partition coefficient (Wildman–Crippen LogP) is 3.34. The lowest BCUT2D eigenvalue weighted by molar-refractivity contribution is 0.585. The Bertz CT molecular complexity index is 713. The van der Waals surface area contributed by atoms with Gasteiger partial charge in [-0.3, -0.25) is 0 Å². The molecule has 24 heavy (non-hydrogen) atoms. The van der Waals surface area contributed by atoms with Crippen LogP contribution in [0.4, 0.5) is 8.78 Å². The number of aromatic nitrogens is 1. The molecule has 0 aliphatic heterocycles. The van der Waals surface area contributed by atoms with E-state index < -0.39 is 11.6 Å². The largest absolute Gasteiger partial charge is 0.357 e. The van der Waals surface area contributed by atoms with Gasteiger partial charge in [-0.15, -0.1) is 11.3 Å². The van der Waals surface area contributed by atoms with Gasteiger partial charge in [0, 0.05) is 30.0 Å². The van der Waals surface area contributed by atoms with Crippen molar-refractivity contribution < 1.29 is 8.78 Å². The average Bonchev–Trinajstić information content (AvgIpc) is 2.85. The average molecular weight is 352 g/mol. The summed E-state index contributed by atoms with van der Waals surface area (Å²) in [4.78, 5) is 9.97. The number of nitrogens with zero attached hydrogens (tertiary/aromatic N) is 2. The summed E-state index contributed by atoms with van der Waals surface area (Å²) >= 11 is 1.69. The van der Waals surface area contributed by atoms with Gasteiger partial charge in [0.15, 0.2) is 5.96 Å². The molecule has 0 saturated carbocycles. The van der Waals surface area contributed by atoms with Crippen LogP contribution in [0.3, 0.4) is 0 Å². The maximum absolute atomic E-state index is 13.6. The molecule has 0 amide bonds. The van der Waals surface area contributed by atoms with E-state index in [2.05, 4.69) is 20.6 Å². The van der Waals surface area contributed by atoms with Crippen LogP contribution in [0, 0.1) is 25.5 Å². The molecule has 1 aromatic heterocycles. The number of aliphatic imine (C=N–C) groups is 1. The van der Waals surface area contributed by atoms with Crippen molar-refractivity contribution in [1.29, 1.82) is 0 Å². The third-order valence-corrected chi connectivity index (χ3v) is 4.54. The van der Waals surface area contributed by atoms with Gasteiger partial charge >= 0.3 is 0 Å². The molecule has 0 aliphatic rings. The minimum absolute atomic E-state index is 0.0810. The molecule has 0 bridgehead atoms. The third kappa shape index (κ3) is 5.26. The van der Waals surface area contributed by atoms with E-state index in [4.69, 9.17) is 0 Å². The first-order chi connectivity index (χ1) is 11.5. The van der Waals surface area contributed by atoms with Crippen molar-refractivity contribution in [1.82, 2.24) is 15.6 Å². The van der Waals surface area contributed by atoms with Crippen molar-refractivity contribution >= 4 is 17.3 Å². The normalized spacial score (nSPS) is 11.6. The number of hydrogen-bond donors (Lipinski definition) is 2. The molecule has 0 spiro atoms. The fourth-order valence-electron chi connectivity index (χ4n) is 2.27. The first kappa shape index (κ1) is 18.3. The second-order valence-electron chi connectivity index (χ2n) is 5.35. The standard InChI is InChI=1S/C17H22F2N4S/c1-4-20-17(21-8-7-16-11(2)23-12(3)24-16)22-10-13-9-14(18)5-6-15(13)19/h5-6,9H,4,7-8,10H2,1-3H3,(H2,20,21,22). The summed E-state index contributed by atoms with van der Waals surface area (Å²) in [5.74, 6) is -0.331. The van der Waals surface area contributed by atoms with E-state index in [1.165, 1.54) is 10.9 Å². The van der Waals surface area contributed by atoms with E-state index in [9.17, 15) is 8.78 Å². The SMILES string of the molecule is CCNC(=NCc1cc(F)ccc1F)NCCc1sc(C)nc1C. The molecule has 1 heterocycles. The van der Waals surface area contributed by atoms with Crippen LogP contribution in [0.5, 0.6) is 0 Å². The van der Waals surface area contributed by atoms with Crippen LogP contribution < -0.4 is 10.6 Å². The highest BCUT2D eigenvalue weighted by Gasteiger charge is 2.06. The molecule has 0 unspecified atom stereocenters. The van der Waals surface area contributed by atoms with E-state index in [1.54, 1.807) is 11.3 Å². The molecular weight excluding hydrogens is 330 g/mol.